The maximum absolute atomic E-state index is 13.1. The van der Waals surface area contributed by atoms with Crippen molar-refractivity contribution in [1.29, 1.82) is 0 Å². The van der Waals surface area contributed by atoms with Gasteiger partial charge in [-0.2, -0.15) is 0 Å². The summed E-state index contributed by atoms with van der Waals surface area (Å²) in [7, 11) is 0. The first-order valence-electron chi connectivity index (χ1n) is 11.6. The van der Waals surface area contributed by atoms with Gasteiger partial charge >= 0.3 is 6.03 Å². The zero-order valence-electron chi connectivity index (χ0n) is 18.9. The Bertz CT molecular complexity index is 1100. The van der Waals surface area contributed by atoms with Crippen molar-refractivity contribution in [2.24, 2.45) is 5.92 Å². The van der Waals surface area contributed by atoms with Crippen LogP contribution in [-0.2, 0) is 17.7 Å². The van der Waals surface area contributed by atoms with Gasteiger partial charge in [0.15, 0.2) is 0 Å². The molecule has 7 nitrogen and oxygen atoms in total. The molecule has 1 N–H and O–H groups in total. The lowest BCUT2D eigenvalue weighted by atomic mass is 9.99. The Morgan fingerprint density at radius 1 is 1.19 bits per heavy atom. The molecular weight excluding hydrogens is 402 g/mol. The van der Waals surface area contributed by atoms with Crippen LogP contribution in [0.4, 0.5) is 10.6 Å². The number of nitrogens with one attached hydrogen (secondary N) is 1. The molecule has 2 fully saturated rings. The van der Waals surface area contributed by atoms with Crippen LogP contribution in [0.3, 0.4) is 0 Å². The predicted octanol–water partition coefficient (Wildman–Crippen LogP) is 4.32. The van der Waals surface area contributed by atoms with Crippen LogP contribution < -0.4 is 5.32 Å². The third-order valence-electron chi connectivity index (χ3n) is 6.98. The average molecular weight is 434 g/mol. The molecule has 2 amide bonds. The molecule has 2 atom stereocenters. The first-order valence-corrected chi connectivity index (χ1v) is 11.6. The monoisotopic (exact) mass is 433 g/mol. The number of carbonyl (C=O) groups is 1. The van der Waals surface area contributed by atoms with Crippen LogP contribution >= 0.6 is 0 Å². The van der Waals surface area contributed by atoms with Gasteiger partial charge in [0, 0.05) is 25.4 Å². The first-order chi connectivity index (χ1) is 15.6. The predicted molar refractivity (Wildman–Crippen MR) is 125 cm³/mol. The average Bonchev–Trinajstić information content (AvgIpc) is 3.53. The number of fused-ring (bicyclic) bond motifs is 1. The molecular formula is C25H31N5O2. The number of nitrogens with zero attached hydrogens (tertiary/aromatic N) is 4. The second-order valence-corrected chi connectivity index (χ2v) is 9.10. The molecule has 168 valence electrons. The molecule has 5 rings (SSSR count). The summed E-state index contributed by atoms with van der Waals surface area (Å²) in [5, 5.41) is 4.00. The van der Waals surface area contributed by atoms with Crippen molar-refractivity contribution in [1.82, 2.24) is 19.4 Å². The van der Waals surface area contributed by atoms with Crippen LogP contribution in [0.5, 0.6) is 0 Å². The molecule has 0 saturated carbocycles. The Morgan fingerprint density at radius 3 is 2.81 bits per heavy atom. The van der Waals surface area contributed by atoms with Crippen LogP contribution in [0.2, 0.25) is 0 Å². The molecule has 32 heavy (non-hydrogen) atoms. The van der Waals surface area contributed by atoms with E-state index in [0.717, 1.165) is 74.2 Å². The number of aromatic nitrogens is 3. The quantitative estimate of drug-likeness (QED) is 0.650. The Labute approximate surface area is 188 Å². The number of aryl methyl sites for hydroxylation is 1. The Balaban J connectivity index is 1.31. The number of anilines is 1. The van der Waals surface area contributed by atoms with Gasteiger partial charge in [-0.25, -0.2) is 14.8 Å². The number of urea groups is 1. The molecule has 0 bridgehead atoms. The minimum Gasteiger partial charge on any atom is -0.376 e. The second-order valence-electron chi connectivity index (χ2n) is 9.10. The number of ether oxygens (including phenoxy) is 1. The molecule has 0 spiro atoms. The highest BCUT2D eigenvalue weighted by atomic mass is 16.5. The lowest BCUT2D eigenvalue weighted by Crippen LogP contribution is -2.33. The van der Waals surface area contributed by atoms with Gasteiger partial charge in [-0.05, 0) is 56.6 Å². The van der Waals surface area contributed by atoms with Gasteiger partial charge in [0.25, 0.3) is 0 Å². The van der Waals surface area contributed by atoms with Gasteiger partial charge < -0.3 is 14.2 Å². The maximum Gasteiger partial charge on any atom is 0.323 e. The summed E-state index contributed by atoms with van der Waals surface area (Å²) in [5.41, 5.74) is 4.45. The molecule has 2 aliphatic heterocycles. The minimum atomic E-state index is -0.0792. The van der Waals surface area contributed by atoms with Gasteiger partial charge in [-0.15, -0.1) is 0 Å². The van der Waals surface area contributed by atoms with E-state index in [1.807, 2.05) is 11.0 Å². The van der Waals surface area contributed by atoms with Crippen molar-refractivity contribution in [3.8, 4) is 0 Å². The SMILES string of the molecule is Cc1c(C)n(C[C@H]2CCCO2)c2ncnc(NC(=O)N3CC[C@H](Cc4ccccc4)C3)c12. The Kier molecular flexibility index (Phi) is 5.83. The summed E-state index contributed by atoms with van der Waals surface area (Å²) in [4.78, 5) is 24.0. The summed E-state index contributed by atoms with van der Waals surface area (Å²) in [6.07, 6.45) is 5.99. The third kappa shape index (κ3) is 4.09. The molecule has 1 aromatic carbocycles. The standard InChI is InChI=1S/C25H31N5O2/c1-17-18(2)30(15-21-9-6-12-32-21)24-22(17)23(26-16-27-24)28-25(31)29-11-10-20(14-29)13-19-7-4-3-5-8-19/h3-5,7-8,16,20-21H,6,9-15H2,1-2H3,(H,26,27,28,31)/t20-,21-/m1/s1. The van der Waals surface area contributed by atoms with Gasteiger partial charge in [0.05, 0.1) is 18.0 Å². The highest BCUT2D eigenvalue weighted by molar-refractivity contribution is 6.00. The zero-order chi connectivity index (χ0) is 22.1. The number of hydrogen-bond donors (Lipinski definition) is 1. The molecule has 3 aromatic rings. The number of hydrogen-bond acceptors (Lipinski definition) is 4. The van der Waals surface area contributed by atoms with Crippen molar-refractivity contribution < 1.29 is 9.53 Å². The van der Waals surface area contributed by atoms with Gasteiger partial charge in [-0.1, -0.05) is 30.3 Å². The van der Waals surface area contributed by atoms with Gasteiger partial charge in [-0.3, -0.25) is 5.32 Å². The van der Waals surface area contributed by atoms with Crippen molar-refractivity contribution in [3.63, 3.8) is 0 Å². The van der Waals surface area contributed by atoms with E-state index in [-0.39, 0.29) is 12.1 Å². The smallest absolute Gasteiger partial charge is 0.323 e. The minimum absolute atomic E-state index is 0.0792. The van der Waals surface area contributed by atoms with Crippen LogP contribution in [0.25, 0.3) is 11.0 Å². The fourth-order valence-corrected chi connectivity index (χ4v) is 5.09. The highest BCUT2D eigenvalue weighted by Gasteiger charge is 2.28. The maximum atomic E-state index is 13.1. The number of likely N-dealkylation sites (tertiary alicyclic amines) is 1. The Hall–Kier alpha value is -2.93. The normalized spacial score (nSPS) is 20.9. The van der Waals surface area contributed by atoms with Crippen molar-refractivity contribution >= 4 is 22.9 Å². The third-order valence-corrected chi connectivity index (χ3v) is 6.98. The van der Waals surface area contributed by atoms with Crippen LogP contribution in [0, 0.1) is 19.8 Å². The van der Waals surface area contributed by atoms with E-state index in [2.05, 4.69) is 58.0 Å². The van der Waals surface area contributed by atoms with E-state index in [1.54, 1.807) is 6.33 Å². The highest BCUT2D eigenvalue weighted by Crippen LogP contribution is 2.30. The van der Waals surface area contributed by atoms with Crippen molar-refractivity contribution in [2.75, 3.05) is 25.0 Å². The lowest BCUT2D eigenvalue weighted by Gasteiger charge is -2.17. The van der Waals surface area contributed by atoms with E-state index < -0.39 is 0 Å². The van der Waals surface area contributed by atoms with Crippen LogP contribution in [0.1, 0.15) is 36.1 Å². The Morgan fingerprint density at radius 2 is 2.03 bits per heavy atom. The molecule has 4 heterocycles. The lowest BCUT2D eigenvalue weighted by molar-refractivity contribution is 0.0974. The summed E-state index contributed by atoms with van der Waals surface area (Å²) >= 11 is 0. The van der Waals surface area contributed by atoms with Crippen molar-refractivity contribution in [2.45, 2.75) is 52.2 Å². The number of carbonyl (C=O) groups excluding carboxylic acids is 1. The molecule has 0 unspecified atom stereocenters. The van der Waals surface area contributed by atoms with Crippen LogP contribution in [0.15, 0.2) is 36.7 Å². The second kappa shape index (κ2) is 8.90. The fourth-order valence-electron chi connectivity index (χ4n) is 5.09. The van der Waals surface area contributed by atoms with Gasteiger partial charge in [0.2, 0.25) is 0 Å². The largest absolute Gasteiger partial charge is 0.376 e. The molecule has 0 aliphatic carbocycles. The summed E-state index contributed by atoms with van der Waals surface area (Å²) in [6.45, 7) is 7.34. The van der Waals surface area contributed by atoms with Gasteiger partial charge in [0.1, 0.15) is 17.8 Å². The van der Waals surface area contributed by atoms with E-state index >= 15 is 0 Å². The number of rotatable bonds is 5. The van der Waals surface area contributed by atoms with E-state index in [4.69, 9.17) is 4.74 Å². The summed E-state index contributed by atoms with van der Waals surface area (Å²) < 4.78 is 8.06. The van der Waals surface area contributed by atoms with E-state index in [1.165, 1.54) is 5.56 Å². The molecule has 0 radical (unpaired) electrons. The first kappa shape index (κ1) is 20.9. The molecule has 2 aromatic heterocycles. The zero-order valence-corrected chi connectivity index (χ0v) is 18.9. The fraction of sp³-hybridized carbons (Fsp3) is 0.480. The van der Waals surface area contributed by atoms with Crippen molar-refractivity contribution in [3.05, 3.63) is 53.5 Å². The molecule has 2 aliphatic rings. The topological polar surface area (TPSA) is 72.3 Å². The van der Waals surface area contributed by atoms with Crippen LogP contribution in [-0.4, -0.2) is 51.3 Å². The summed E-state index contributed by atoms with van der Waals surface area (Å²) in [5.74, 6) is 1.09. The van der Waals surface area contributed by atoms with E-state index in [0.29, 0.717) is 11.7 Å². The summed E-state index contributed by atoms with van der Waals surface area (Å²) in [6, 6.07) is 10.4. The number of benzene rings is 1. The molecule has 2 saturated heterocycles. The molecule has 7 heteroatoms. The number of amides is 2. The van der Waals surface area contributed by atoms with E-state index in [9.17, 15) is 4.79 Å².